The SMILES string of the molecule is CC[C@@H]1C[C@@H](C)CC/C=C\[C@@H]2C[C@@]2(C(=O)NS(=O)(=O)C2(C)CC2)NC(=O)[C@@H]2C[C@@H](Oc3nc4c(c5ccccc35)CCCO4)CN2C(=O)[C@H]1N(C(=O)O)C(C)(C)C(F)(F)F. The second kappa shape index (κ2) is 15.7. The van der Waals surface area contributed by atoms with E-state index < -0.39 is 85.9 Å². The van der Waals surface area contributed by atoms with Crippen LogP contribution in [0, 0.1) is 17.8 Å². The molecule has 3 fully saturated rings. The fraction of sp³-hybridized carbons (Fsp3) is 0.643. The Morgan fingerprint density at radius 2 is 1.85 bits per heavy atom. The van der Waals surface area contributed by atoms with E-state index in [2.05, 4.69) is 15.0 Å². The summed E-state index contributed by atoms with van der Waals surface area (Å²) in [6.07, 6.45) is -1.07. The van der Waals surface area contributed by atoms with Crippen LogP contribution in [0.4, 0.5) is 18.0 Å². The number of nitrogens with one attached hydrogen (secondary N) is 2. The maximum absolute atomic E-state index is 15.2. The van der Waals surface area contributed by atoms with Gasteiger partial charge in [-0.2, -0.15) is 18.2 Å². The molecule has 4 amide bonds. The molecule has 0 unspecified atom stereocenters. The number of hydrogen-bond acceptors (Lipinski definition) is 9. The molecule has 2 aromatic rings. The summed E-state index contributed by atoms with van der Waals surface area (Å²) in [7, 11) is -4.12. The molecule has 3 aliphatic heterocycles. The number of nitrogens with zero attached hydrogens (tertiary/aromatic N) is 3. The third kappa shape index (κ3) is 7.88. The van der Waals surface area contributed by atoms with Crippen LogP contribution >= 0.6 is 0 Å². The maximum atomic E-state index is 15.2. The molecule has 4 heterocycles. The van der Waals surface area contributed by atoms with E-state index in [-0.39, 0.29) is 48.9 Å². The van der Waals surface area contributed by atoms with Crippen molar-refractivity contribution in [2.24, 2.45) is 17.8 Å². The van der Waals surface area contributed by atoms with E-state index >= 15 is 4.79 Å². The third-order valence-corrected chi connectivity index (χ3v) is 15.5. The number of rotatable bonds is 8. The fourth-order valence-electron chi connectivity index (χ4n) is 9.07. The molecule has 1 aromatic heterocycles. The number of amides is 4. The first-order valence-corrected chi connectivity index (χ1v) is 22.3. The molecule has 2 aliphatic carbocycles. The Labute approximate surface area is 347 Å². The van der Waals surface area contributed by atoms with Gasteiger partial charge in [0.2, 0.25) is 33.6 Å². The summed E-state index contributed by atoms with van der Waals surface area (Å²) in [5.41, 5.74) is -3.85. The molecule has 1 saturated heterocycles. The van der Waals surface area contributed by atoms with Crippen LogP contribution in [0.15, 0.2) is 36.4 Å². The minimum Gasteiger partial charge on any atom is -0.477 e. The van der Waals surface area contributed by atoms with E-state index in [1.807, 2.05) is 31.2 Å². The van der Waals surface area contributed by atoms with Crippen molar-refractivity contribution in [1.82, 2.24) is 24.8 Å². The van der Waals surface area contributed by atoms with Crippen LogP contribution in [-0.2, 0) is 30.8 Å². The zero-order valence-electron chi connectivity index (χ0n) is 34.5. The number of ether oxygens (including phenoxy) is 2. The van der Waals surface area contributed by atoms with Crippen LogP contribution in [0.1, 0.15) is 98.0 Å². The van der Waals surface area contributed by atoms with E-state index in [1.54, 1.807) is 19.1 Å². The Balaban J connectivity index is 1.31. The average Bonchev–Trinajstić information content (AvgIpc) is 4.07. The van der Waals surface area contributed by atoms with Gasteiger partial charge >= 0.3 is 12.3 Å². The van der Waals surface area contributed by atoms with Crippen molar-refractivity contribution in [3.05, 3.63) is 42.0 Å². The zero-order valence-corrected chi connectivity index (χ0v) is 35.3. The van der Waals surface area contributed by atoms with Crippen molar-refractivity contribution >= 4 is 44.6 Å². The predicted octanol–water partition coefficient (Wildman–Crippen LogP) is 5.87. The highest BCUT2D eigenvalue weighted by Crippen LogP contribution is 2.48. The van der Waals surface area contributed by atoms with Crippen molar-refractivity contribution in [3.8, 4) is 11.8 Å². The molecule has 1 aromatic carbocycles. The number of carbonyl (C=O) groups is 4. The van der Waals surface area contributed by atoms with Gasteiger partial charge in [0.05, 0.1) is 17.9 Å². The largest absolute Gasteiger partial charge is 0.477 e. The number of aromatic nitrogens is 1. The monoisotopic (exact) mass is 861 g/mol. The topological polar surface area (TPSA) is 185 Å². The average molecular weight is 862 g/mol. The second-order valence-corrected chi connectivity index (χ2v) is 20.2. The summed E-state index contributed by atoms with van der Waals surface area (Å²) in [6, 6.07) is 4.03. The van der Waals surface area contributed by atoms with Gasteiger partial charge in [-0.25, -0.2) is 13.2 Å². The normalized spacial score (nSPS) is 30.0. The summed E-state index contributed by atoms with van der Waals surface area (Å²) in [5.74, 6) is -3.97. The molecule has 18 heteroatoms. The minimum atomic E-state index is -5.09. The molecule has 14 nitrogen and oxygen atoms in total. The number of alkyl halides is 3. The molecule has 60 heavy (non-hydrogen) atoms. The minimum absolute atomic E-state index is 0.0571. The van der Waals surface area contributed by atoms with Gasteiger partial charge in [0, 0.05) is 23.3 Å². The number of sulfonamides is 1. The Bertz CT molecular complexity index is 2200. The van der Waals surface area contributed by atoms with Crippen LogP contribution in [0.25, 0.3) is 10.8 Å². The first-order valence-electron chi connectivity index (χ1n) is 20.8. The smallest absolute Gasteiger partial charge is 0.411 e. The molecule has 5 aliphatic rings. The summed E-state index contributed by atoms with van der Waals surface area (Å²) in [6.45, 7) is 6.61. The number of pyridine rings is 1. The van der Waals surface area contributed by atoms with E-state index in [9.17, 15) is 41.1 Å². The van der Waals surface area contributed by atoms with Gasteiger partial charge in [-0.05, 0) is 95.4 Å². The predicted molar refractivity (Wildman–Crippen MR) is 213 cm³/mol. The lowest BCUT2D eigenvalue weighted by atomic mass is 9.82. The number of hydrogen-bond donors (Lipinski definition) is 3. The summed E-state index contributed by atoms with van der Waals surface area (Å²) in [4.78, 5) is 63.0. The molecule has 2 saturated carbocycles. The van der Waals surface area contributed by atoms with Gasteiger partial charge in [0.25, 0.3) is 5.91 Å². The van der Waals surface area contributed by atoms with Gasteiger partial charge in [-0.15, -0.1) is 0 Å². The molecule has 7 atom stereocenters. The number of aryl methyl sites for hydroxylation is 1. The highest BCUT2D eigenvalue weighted by Gasteiger charge is 2.64. The van der Waals surface area contributed by atoms with Gasteiger partial charge in [0.15, 0.2) is 0 Å². The molecule has 0 radical (unpaired) electrons. The second-order valence-electron chi connectivity index (χ2n) is 18.0. The quantitative estimate of drug-likeness (QED) is 0.271. The highest BCUT2D eigenvalue weighted by molar-refractivity contribution is 7.91. The lowest BCUT2D eigenvalue weighted by Gasteiger charge is -2.46. The standard InChI is InChI=1S/C42H54F3N5O9S/c1-6-25-20-24(2)12-7-8-13-26-22-41(26,37(53)48-60(56,57)40(5)17-18-40)47-33(51)31-21-27(23-49(31)36(52)32(25)50(38(54)55)39(3,4)42(43,44)45)59-35-30-15-10-9-14-28(30)29-16-11-19-58-34(29)46-35/h8-10,13-15,24-27,31-32H,6-7,11-12,16-23H2,1-5H3,(H,47,51)(H,48,53)(H,54,55)/b13-8-/t24-,25+,26+,27+,31-,32-,41+/m0/s1. The Hall–Kier alpha value is -4.61. The maximum Gasteiger partial charge on any atom is 0.411 e. The molecule has 0 spiro atoms. The van der Waals surface area contributed by atoms with Gasteiger partial charge < -0.3 is 24.8 Å². The number of benzene rings is 1. The summed E-state index contributed by atoms with van der Waals surface area (Å²) in [5, 5.41) is 14.8. The molecule has 0 bridgehead atoms. The van der Waals surface area contributed by atoms with Gasteiger partial charge in [0.1, 0.15) is 29.3 Å². The number of allylic oxidation sites excluding steroid dienone is 1. The van der Waals surface area contributed by atoms with E-state index in [0.717, 1.165) is 28.7 Å². The summed E-state index contributed by atoms with van der Waals surface area (Å²) >= 11 is 0. The van der Waals surface area contributed by atoms with Crippen LogP contribution in [-0.4, -0.2) is 105 Å². The van der Waals surface area contributed by atoms with Crippen molar-refractivity contribution in [1.29, 1.82) is 0 Å². The molecular weight excluding hydrogens is 808 g/mol. The van der Waals surface area contributed by atoms with Crippen LogP contribution < -0.4 is 19.5 Å². The Morgan fingerprint density at radius 1 is 1.15 bits per heavy atom. The Kier molecular flexibility index (Phi) is 11.4. The number of carboxylic acid groups (broad SMARTS) is 1. The molecular formula is C42H54F3N5O9S. The van der Waals surface area contributed by atoms with Crippen LogP contribution in [0.5, 0.6) is 11.8 Å². The zero-order chi connectivity index (χ0) is 43.6. The van der Waals surface area contributed by atoms with Crippen molar-refractivity contribution in [3.63, 3.8) is 0 Å². The van der Waals surface area contributed by atoms with Crippen LogP contribution in [0.2, 0.25) is 0 Å². The van der Waals surface area contributed by atoms with E-state index in [0.29, 0.717) is 57.4 Å². The summed E-state index contributed by atoms with van der Waals surface area (Å²) < 4.78 is 84.5. The first kappa shape index (κ1) is 43.5. The molecule has 328 valence electrons. The first-order chi connectivity index (χ1) is 28.1. The van der Waals surface area contributed by atoms with Crippen LogP contribution in [0.3, 0.4) is 0 Å². The molecule has 3 N–H and O–H groups in total. The fourth-order valence-corrected chi connectivity index (χ4v) is 10.4. The third-order valence-electron chi connectivity index (χ3n) is 13.4. The molecule has 7 rings (SSSR count). The number of halogens is 3. The Morgan fingerprint density at radius 3 is 2.50 bits per heavy atom. The van der Waals surface area contributed by atoms with Gasteiger partial charge in [-0.1, -0.05) is 50.6 Å². The van der Waals surface area contributed by atoms with Crippen molar-refractivity contribution < 1.29 is 55.3 Å². The number of fused-ring (bicyclic) bond motifs is 5. The lowest BCUT2D eigenvalue weighted by Crippen LogP contribution is -2.66. The van der Waals surface area contributed by atoms with Crippen molar-refractivity contribution in [2.45, 2.75) is 139 Å². The number of carbonyl (C=O) groups excluding carboxylic acids is 3. The van der Waals surface area contributed by atoms with Crippen molar-refractivity contribution in [2.75, 3.05) is 13.2 Å². The van der Waals surface area contributed by atoms with E-state index in [1.165, 1.54) is 6.92 Å². The lowest BCUT2D eigenvalue weighted by molar-refractivity contribution is -0.222. The highest BCUT2D eigenvalue weighted by atomic mass is 32.2. The van der Waals surface area contributed by atoms with Gasteiger partial charge in [-0.3, -0.25) is 24.0 Å². The van der Waals surface area contributed by atoms with E-state index in [4.69, 9.17) is 9.47 Å².